The highest BCUT2D eigenvalue weighted by Crippen LogP contribution is 2.30. The van der Waals surface area contributed by atoms with Gasteiger partial charge in [-0.3, -0.25) is 4.79 Å². The number of urea groups is 1. The van der Waals surface area contributed by atoms with Crippen LogP contribution in [0.15, 0.2) is 18.2 Å². The molecule has 1 aromatic rings. The maximum atomic E-state index is 14.2. The molecular weight excluding hydrogens is 325 g/mol. The van der Waals surface area contributed by atoms with Crippen LogP contribution in [0.25, 0.3) is 0 Å². The molecule has 0 spiro atoms. The second-order valence-electron chi connectivity index (χ2n) is 6.85. The van der Waals surface area contributed by atoms with Gasteiger partial charge in [-0.15, -0.1) is 0 Å². The third kappa shape index (κ3) is 4.41. The second kappa shape index (κ2) is 7.29. The predicted molar refractivity (Wildman–Crippen MR) is 90.8 cm³/mol. The summed E-state index contributed by atoms with van der Waals surface area (Å²) in [5.41, 5.74) is 0.657. The fourth-order valence-electron chi connectivity index (χ4n) is 2.69. The fourth-order valence-corrected chi connectivity index (χ4v) is 2.69. The smallest absolute Gasteiger partial charge is 0.318 e. The topological polar surface area (TPSA) is 61.9 Å². The van der Waals surface area contributed by atoms with Crippen LogP contribution in [0.5, 0.6) is 5.75 Å². The number of hydrogen-bond donors (Lipinski definition) is 1. The molecule has 136 valence electrons. The second-order valence-corrected chi connectivity index (χ2v) is 6.85. The zero-order chi connectivity index (χ0) is 18.0. The van der Waals surface area contributed by atoms with E-state index in [9.17, 15) is 14.0 Å². The lowest BCUT2D eigenvalue weighted by molar-refractivity contribution is -0.133. The average Bonchev–Trinajstić information content (AvgIpc) is 3.40. The zero-order valence-electron chi connectivity index (χ0n) is 14.6. The molecule has 2 aliphatic rings. The lowest BCUT2D eigenvalue weighted by atomic mass is 10.1. The van der Waals surface area contributed by atoms with Crippen molar-refractivity contribution in [3.05, 3.63) is 29.6 Å². The van der Waals surface area contributed by atoms with Gasteiger partial charge in [-0.05, 0) is 43.4 Å². The molecule has 0 bridgehead atoms. The number of likely N-dealkylation sites (N-methyl/N-ethyl adjacent to an activating group) is 1. The Labute approximate surface area is 146 Å². The molecule has 0 aromatic heterocycles. The van der Waals surface area contributed by atoms with Crippen molar-refractivity contribution in [1.82, 2.24) is 15.1 Å². The van der Waals surface area contributed by atoms with Gasteiger partial charge in [-0.1, -0.05) is 6.07 Å². The van der Waals surface area contributed by atoms with Gasteiger partial charge in [0.15, 0.2) is 11.6 Å². The summed E-state index contributed by atoms with van der Waals surface area (Å²) in [7, 11) is 1.72. The predicted octanol–water partition coefficient (Wildman–Crippen LogP) is 2.16. The third-order valence-corrected chi connectivity index (χ3v) is 4.71. The molecule has 1 aliphatic carbocycles. The Morgan fingerprint density at radius 2 is 2.16 bits per heavy atom. The first-order valence-corrected chi connectivity index (χ1v) is 8.65. The van der Waals surface area contributed by atoms with E-state index in [1.807, 2.05) is 0 Å². The Bertz CT molecular complexity index is 663. The Morgan fingerprint density at radius 3 is 2.80 bits per heavy atom. The third-order valence-electron chi connectivity index (χ3n) is 4.71. The van der Waals surface area contributed by atoms with Crippen LogP contribution >= 0.6 is 0 Å². The molecule has 2 fully saturated rings. The van der Waals surface area contributed by atoms with E-state index in [0.29, 0.717) is 31.2 Å². The van der Waals surface area contributed by atoms with Gasteiger partial charge >= 0.3 is 6.03 Å². The van der Waals surface area contributed by atoms with E-state index < -0.39 is 5.82 Å². The summed E-state index contributed by atoms with van der Waals surface area (Å²) in [6.45, 7) is 3.41. The largest absolute Gasteiger partial charge is 0.490 e. The Morgan fingerprint density at radius 1 is 1.40 bits per heavy atom. The molecule has 3 rings (SSSR count). The fraction of sp³-hybridized carbons (Fsp3) is 0.556. The highest BCUT2D eigenvalue weighted by Gasteiger charge is 2.26. The average molecular weight is 349 g/mol. The summed E-state index contributed by atoms with van der Waals surface area (Å²) in [4.78, 5) is 27.1. The van der Waals surface area contributed by atoms with Gasteiger partial charge in [-0.2, -0.15) is 0 Å². The van der Waals surface area contributed by atoms with E-state index in [1.54, 1.807) is 31.0 Å². The van der Waals surface area contributed by atoms with Crippen LogP contribution in [0.3, 0.4) is 0 Å². The summed E-state index contributed by atoms with van der Waals surface area (Å²) in [5, 5.41) is 2.82. The lowest BCUT2D eigenvalue weighted by Crippen LogP contribution is -2.53. The maximum absolute atomic E-state index is 14.2. The van der Waals surface area contributed by atoms with Gasteiger partial charge in [0.05, 0.1) is 12.6 Å². The van der Waals surface area contributed by atoms with E-state index >= 15 is 0 Å². The molecule has 1 aliphatic heterocycles. The molecule has 3 amide bonds. The number of nitrogens with one attached hydrogen (secondary N) is 1. The molecule has 1 saturated carbocycles. The van der Waals surface area contributed by atoms with Gasteiger partial charge in [0, 0.05) is 20.1 Å². The number of piperazine rings is 1. The maximum Gasteiger partial charge on any atom is 0.318 e. The first kappa shape index (κ1) is 17.5. The highest BCUT2D eigenvalue weighted by atomic mass is 19.1. The summed E-state index contributed by atoms with van der Waals surface area (Å²) >= 11 is 0. The molecule has 1 atom stereocenters. The van der Waals surface area contributed by atoms with Crippen LogP contribution in [-0.2, 0) is 4.79 Å². The van der Waals surface area contributed by atoms with Gasteiger partial charge < -0.3 is 19.9 Å². The molecule has 7 heteroatoms. The zero-order valence-corrected chi connectivity index (χ0v) is 14.6. The van der Waals surface area contributed by atoms with Gasteiger partial charge in [-0.25, -0.2) is 9.18 Å². The molecule has 25 heavy (non-hydrogen) atoms. The van der Waals surface area contributed by atoms with Crippen molar-refractivity contribution in [2.45, 2.75) is 25.8 Å². The van der Waals surface area contributed by atoms with Crippen LogP contribution in [-0.4, -0.2) is 55.0 Å². The van der Waals surface area contributed by atoms with Crippen LogP contribution in [0.2, 0.25) is 0 Å². The summed E-state index contributed by atoms with van der Waals surface area (Å²) in [6, 6.07) is 4.07. The number of halogens is 1. The SMILES string of the molecule is C[C@@H](NC(=O)N1CCN(C)C(=O)C1)c1ccc(OCC2CC2)c(F)c1. The van der Waals surface area contributed by atoms with Crippen molar-refractivity contribution >= 4 is 11.9 Å². The van der Waals surface area contributed by atoms with E-state index in [1.165, 1.54) is 11.0 Å². The van der Waals surface area contributed by atoms with Crippen molar-refractivity contribution in [3.8, 4) is 5.75 Å². The molecule has 6 nitrogen and oxygen atoms in total. The van der Waals surface area contributed by atoms with Crippen molar-refractivity contribution < 1.29 is 18.7 Å². The van der Waals surface area contributed by atoms with Crippen molar-refractivity contribution in [2.24, 2.45) is 5.92 Å². The lowest BCUT2D eigenvalue weighted by Gasteiger charge is -2.32. The van der Waals surface area contributed by atoms with Crippen LogP contribution < -0.4 is 10.1 Å². The molecule has 0 unspecified atom stereocenters. The standard InChI is InChI=1S/C18H24FN3O3/c1-12(20-18(24)22-8-7-21(2)17(23)10-22)14-5-6-16(15(19)9-14)25-11-13-3-4-13/h5-6,9,12-13H,3-4,7-8,10-11H2,1-2H3,(H,20,24)/t12-/m1/s1. The van der Waals surface area contributed by atoms with Gasteiger partial charge in [0.1, 0.15) is 6.54 Å². The molecular formula is C18H24FN3O3. The minimum absolute atomic E-state index is 0.0668. The Balaban J connectivity index is 1.56. The molecule has 0 radical (unpaired) electrons. The molecule has 1 saturated heterocycles. The number of benzene rings is 1. The number of rotatable bonds is 5. The molecule has 1 aromatic carbocycles. The quantitative estimate of drug-likeness (QED) is 0.886. The minimum Gasteiger partial charge on any atom is -0.490 e. The van der Waals surface area contributed by atoms with Gasteiger partial charge in [0.2, 0.25) is 5.91 Å². The first-order chi connectivity index (χ1) is 11.9. The highest BCUT2D eigenvalue weighted by molar-refractivity contribution is 5.85. The summed E-state index contributed by atoms with van der Waals surface area (Å²) in [5.74, 6) is 0.300. The number of hydrogen-bond acceptors (Lipinski definition) is 3. The minimum atomic E-state index is -0.422. The first-order valence-electron chi connectivity index (χ1n) is 8.65. The Kier molecular flexibility index (Phi) is 5.11. The van der Waals surface area contributed by atoms with Crippen LogP contribution in [0.4, 0.5) is 9.18 Å². The van der Waals surface area contributed by atoms with Gasteiger partial charge in [0.25, 0.3) is 0 Å². The van der Waals surface area contributed by atoms with Crippen LogP contribution in [0, 0.1) is 11.7 Å². The number of ether oxygens (including phenoxy) is 1. The van der Waals surface area contributed by atoms with E-state index in [2.05, 4.69) is 5.32 Å². The van der Waals surface area contributed by atoms with Crippen molar-refractivity contribution in [2.75, 3.05) is 33.3 Å². The van der Waals surface area contributed by atoms with Crippen LogP contribution in [0.1, 0.15) is 31.4 Å². The van der Waals surface area contributed by atoms with Crippen molar-refractivity contribution in [3.63, 3.8) is 0 Å². The number of carbonyl (C=O) groups excluding carboxylic acids is 2. The number of carbonyl (C=O) groups is 2. The summed E-state index contributed by atoms with van der Waals surface area (Å²) < 4.78 is 19.7. The molecule has 1 N–H and O–H groups in total. The number of amides is 3. The normalized spacial score (nSPS) is 18.9. The van der Waals surface area contributed by atoms with Crippen molar-refractivity contribution in [1.29, 1.82) is 0 Å². The number of nitrogens with zero attached hydrogens (tertiary/aromatic N) is 2. The summed E-state index contributed by atoms with van der Waals surface area (Å²) in [6.07, 6.45) is 2.30. The van der Waals surface area contributed by atoms with E-state index in [-0.39, 0.29) is 30.3 Å². The van der Waals surface area contributed by atoms with E-state index in [0.717, 1.165) is 12.8 Å². The Hall–Kier alpha value is -2.31. The monoisotopic (exact) mass is 349 g/mol. The molecule has 1 heterocycles. The van der Waals surface area contributed by atoms with E-state index in [4.69, 9.17) is 4.74 Å².